The van der Waals surface area contributed by atoms with Gasteiger partial charge in [-0.1, -0.05) is 13.0 Å². The largest absolute Gasteiger partial charge is 0.504 e. The highest BCUT2D eigenvalue weighted by Crippen LogP contribution is 2.27. The van der Waals surface area contributed by atoms with E-state index in [2.05, 4.69) is 15.8 Å². The lowest BCUT2D eigenvalue weighted by molar-refractivity contribution is -0.115. The fourth-order valence-corrected chi connectivity index (χ4v) is 1.99. The molecular formula is C18H19N3O4. The van der Waals surface area contributed by atoms with Crippen LogP contribution < -0.4 is 15.5 Å². The van der Waals surface area contributed by atoms with Gasteiger partial charge in [0.05, 0.1) is 13.3 Å². The number of anilines is 1. The Balaban J connectivity index is 1.99. The van der Waals surface area contributed by atoms with Crippen molar-refractivity contribution in [2.24, 2.45) is 5.10 Å². The second-order valence-electron chi connectivity index (χ2n) is 5.08. The van der Waals surface area contributed by atoms with Crippen LogP contribution in [-0.2, 0) is 4.79 Å². The van der Waals surface area contributed by atoms with Crippen molar-refractivity contribution in [3.8, 4) is 11.5 Å². The van der Waals surface area contributed by atoms with E-state index in [1.807, 2.05) is 0 Å². The SMILES string of the molecule is CCC(=O)Nc1ccc(C(=O)N/N=C/c2cccc(OC)c2O)cc1. The number of para-hydroxylation sites is 1. The van der Waals surface area contributed by atoms with E-state index >= 15 is 0 Å². The molecule has 0 bridgehead atoms. The number of carbonyl (C=O) groups excluding carboxylic acids is 2. The van der Waals surface area contributed by atoms with Gasteiger partial charge in [-0.3, -0.25) is 9.59 Å². The van der Waals surface area contributed by atoms with E-state index in [9.17, 15) is 14.7 Å². The molecule has 0 saturated heterocycles. The van der Waals surface area contributed by atoms with E-state index in [0.29, 0.717) is 29.0 Å². The van der Waals surface area contributed by atoms with Gasteiger partial charge in [0.1, 0.15) is 0 Å². The molecule has 2 rings (SSSR count). The van der Waals surface area contributed by atoms with Crippen LogP contribution in [0.1, 0.15) is 29.3 Å². The number of benzene rings is 2. The zero-order valence-electron chi connectivity index (χ0n) is 13.9. The molecule has 7 nitrogen and oxygen atoms in total. The number of hydrogen-bond donors (Lipinski definition) is 3. The molecule has 0 fully saturated rings. The van der Waals surface area contributed by atoms with Gasteiger partial charge in [-0.05, 0) is 36.4 Å². The van der Waals surface area contributed by atoms with Crippen LogP contribution in [-0.4, -0.2) is 30.2 Å². The summed E-state index contributed by atoms with van der Waals surface area (Å²) in [6.07, 6.45) is 1.71. The van der Waals surface area contributed by atoms with Gasteiger partial charge >= 0.3 is 0 Å². The predicted molar refractivity (Wildman–Crippen MR) is 95.1 cm³/mol. The first-order valence-corrected chi connectivity index (χ1v) is 7.64. The fraction of sp³-hybridized carbons (Fsp3) is 0.167. The van der Waals surface area contributed by atoms with Gasteiger partial charge in [-0.2, -0.15) is 5.10 Å². The highest BCUT2D eigenvalue weighted by molar-refractivity contribution is 5.96. The molecule has 0 radical (unpaired) electrons. The molecule has 0 aromatic heterocycles. The summed E-state index contributed by atoms with van der Waals surface area (Å²) < 4.78 is 5.00. The van der Waals surface area contributed by atoms with Gasteiger partial charge in [-0.15, -0.1) is 0 Å². The van der Waals surface area contributed by atoms with Crippen LogP contribution in [0.25, 0.3) is 0 Å². The second-order valence-corrected chi connectivity index (χ2v) is 5.08. The summed E-state index contributed by atoms with van der Waals surface area (Å²) in [7, 11) is 1.45. The quantitative estimate of drug-likeness (QED) is 0.555. The zero-order valence-corrected chi connectivity index (χ0v) is 13.9. The number of phenolic OH excluding ortho intramolecular Hbond substituents is 1. The molecule has 0 atom stereocenters. The predicted octanol–water partition coefficient (Wildman–Crippen LogP) is 2.51. The lowest BCUT2D eigenvalue weighted by Crippen LogP contribution is -2.17. The average Bonchev–Trinajstić information content (AvgIpc) is 2.63. The minimum absolute atomic E-state index is 0.0565. The van der Waals surface area contributed by atoms with Crippen LogP contribution in [0.15, 0.2) is 47.6 Å². The lowest BCUT2D eigenvalue weighted by atomic mass is 10.2. The number of ether oxygens (including phenoxy) is 1. The topological polar surface area (TPSA) is 100 Å². The number of rotatable bonds is 6. The normalized spacial score (nSPS) is 10.5. The van der Waals surface area contributed by atoms with Crippen molar-refractivity contribution in [3.63, 3.8) is 0 Å². The van der Waals surface area contributed by atoms with Crippen LogP contribution in [0.4, 0.5) is 5.69 Å². The molecule has 130 valence electrons. The van der Waals surface area contributed by atoms with Crippen molar-refractivity contribution in [2.45, 2.75) is 13.3 Å². The van der Waals surface area contributed by atoms with Crippen molar-refractivity contribution in [1.82, 2.24) is 5.43 Å². The molecule has 2 aromatic rings. The van der Waals surface area contributed by atoms with E-state index < -0.39 is 5.91 Å². The van der Waals surface area contributed by atoms with Crippen molar-refractivity contribution in [2.75, 3.05) is 12.4 Å². The Morgan fingerprint density at radius 3 is 2.56 bits per heavy atom. The van der Waals surface area contributed by atoms with Crippen LogP contribution in [0.5, 0.6) is 11.5 Å². The number of nitrogens with zero attached hydrogens (tertiary/aromatic N) is 1. The smallest absolute Gasteiger partial charge is 0.271 e. The van der Waals surface area contributed by atoms with Gasteiger partial charge in [0.2, 0.25) is 5.91 Å². The molecule has 0 aliphatic carbocycles. The molecule has 2 aromatic carbocycles. The second kappa shape index (κ2) is 8.49. The first-order valence-electron chi connectivity index (χ1n) is 7.64. The third-order valence-corrected chi connectivity index (χ3v) is 3.37. The monoisotopic (exact) mass is 341 g/mol. The highest BCUT2D eigenvalue weighted by atomic mass is 16.5. The molecule has 0 unspecified atom stereocenters. The Kier molecular flexibility index (Phi) is 6.11. The number of carbonyl (C=O) groups is 2. The minimum atomic E-state index is -0.410. The number of aromatic hydroxyl groups is 1. The van der Waals surface area contributed by atoms with E-state index in [1.165, 1.54) is 13.3 Å². The van der Waals surface area contributed by atoms with Crippen molar-refractivity contribution in [1.29, 1.82) is 0 Å². The van der Waals surface area contributed by atoms with Gasteiger partial charge in [0.15, 0.2) is 11.5 Å². The molecular weight excluding hydrogens is 322 g/mol. The van der Waals surface area contributed by atoms with E-state index in [0.717, 1.165) is 0 Å². The number of hydrogen-bond acceptors (Lipinski definition) is 5. The number of nitrogens with one attached hydrogen (secondary N) is 2. The molecule has 0 saturated carbocycles. The first-order chi connectivity index (χ1) is 12.0. The van der Waals surface area contributed by atoms with E-state index in [1.54, 1.807) is 49.4 Å². The maximum absolute atomic E-state index is 12.0. The standard InChI is InChI=1S/C18H19N3O4/c1-3-16(22)20-14-9-7-12(8-10-14)18(24)21-19-11-13-5-4-6-15(25-2)17(13)23/h4-11,23H,3H2,1-2H3,(H,20,22)(H,21,24)/b19-11+. The number of amides is 2. The lowest BCUT2D eigenvalue weighted by Gasteiger charge is -2.06. The minimum Gasteiger partial charge on any atom is -0.504 e. The van der Waals surface area contributed by atoms with Gasteiger partial charge in [-0.25, -0.2) is 5.43 Å². The summed E-state index contributed by atoms with van der Waals surface area (Å²) in [5.41, 5.74) is 3.80. The summed E-state index contributed by atoms with van der Waals surface area (Å²) in [6.45, 7) is 1.76. The van der Waals surface area contributed by atoms with Gasteiger partial charge < -0.3 is 15.2 Å². The van der Waals surface area contributed by atoms with Crippen molar-refractivity contribution >= 4 is 23.7 Å². The van der Waals surface area contributed by atoms with Gasteiger partial charge in [0.25, 0.3) is 5.91 Å². The Morgan fingerprint density at radius 2 is 1.92 bits per heavy atom. The van der Waals surface area contributed by atoms with E-state index in [4.69, 9.17) is 4.74 Å². The molecule has 0 spiro atoms. The van der Waals surface area contributed by atoms with E-state index in [-0.39, 0.29) is 11.7 Å². The molecule has 25 heavy (non-hydrogen) atoms. The summed E-state index contributed by atoms with van der Waals surface area (Å²) in [5.74, 6) is -0.245. The molecule has 0 heterocycles. The van der Waals surface area contributed by atoms with Gasteiger partial charge in [0, 0.05) is 23.2 Å². The molecule has 0 aliphatic rings. The molecule has 2 amide bonds. The summed E-state index contributed by atoms with van der Waals surface area (Å²) in [5, 5.41) is 16.5. The maximum Gasteiger partial charge on any atom is 0.271 e. The summed E-state index contributed by atoms with van der Waals surface area (Å²) in [6, 6.07) is 11.4. The molecule has 3 N–H and O–H groups in total. The van der Waals surface area contributed by atoms with Crippen LogP contribution in [0.3, 0.4) is 0 Å². The van der Waals surface area contributed by atoms with Crippen molar-refractivity contribution in [3.05, 3.63) is 53.6 Å². The highest BCUT2D eigenvalue weighted by Gasteiger charge is 2.07. The Labute approximate surface area is 145 Å². The Bertz CT molecular complexity index is 785. The molecule has 0 aliphatic heterocycles. The maximum atomic E-state index is 12.0. The van der Waals surface area contributed by atoms with Crippen LogP contribution in [0.2, 0.25) is 0 Å². The Hall–Kier alpha value is -3.35. The van der Waals surface area contributed by atoms with Crippen LogP contribution in [0, 0.1) is 0 Å². The number of hydrazone groups is 1. The molecule has 7 heteroatoms. The zero-order chi connectivity index (χ0) is 18.2. The van der Waals surface area contributed by atoms with Crippen molar-refractivity contribution < 1.29 is 19.4 Å². The summed E-state index contributed by atoms with van der Waals surface area (Å²) in [4.78, 5) is 23.3. The number of methoxy groups -OCH3 is 1. The Morgan fingerprint density at radius 1 is 1.20 bits per heavy atom. The first kappa shape index (κ1) is 18.0. The third kappa shape index (κ3) is 4.81. The fourth-order valence-electron chi connectivity index (χ4n) is 1.99. The number of phenols is 1. The van der Waals surface area contributed by atoms with Crippen LogP contribution >= 0.6 is 0 Å². The summed E-state index contributed by atoms with van der Waals surface area (Å²) >= 11 is 0. The average molecular weight is 341 g/mol. The third-order valence-electron chi connectivity index (χ3n) is 3.37.